The molecule has 0 aliphatic rings. The zero-order chi connectivity index (χ0) is 13.0. The molecule has 1 rings (SSSR count). The smallest absolute Gasteiger partial charge is 0.275 e. The van der Waals surface area contributed by atoms with Gasteiger partial charge in [0.1, 0.15) is 5.82 Å². The van der Waals surface area contributed by atoms with Crippen LogP contribution in [-0.2, 0) is 6.42 Å². The summed E-state index contributed by atoms with van der Waals surface area (Å²) in [5, 5.41) is 13.9. The molecule has 0 saturated carbocycles. The highest BCUT2D eigenvalue weighted by atomic mass is 19.1. The third kappa shape index (κ3) is 3.49. The Bertz CT molecular complexity index is 407. The molecular formula is C12H17FN2O2. The van der Waals surface area contributed by atoms with E-state index in [2.05, 4.69) is 5.32 Å². The molecule has 0 bridgehead atoms. The van der Waals surface area contributed by atoms with Crippen molar-refractivity contribution in [2.24, 2.45) is 5.92 Å². The zero-order valence-electron chi connectivity index (χ0n) is 10.2. The highest BCUT2D eigenvalue weighted by molar-refractivity contribution is 5.41. The minimum Gasteiger partial charge on any atom is -0.316 e. The van der Waals surface area contributed by atoms with Gasteiger partial charge < -0.3 is 5.32 Å². The molecule has 0 saturated heterocycles. The molecule has 0 radical (unpaired) electrons. The standard InChI is InChI=1S/C12H17FN2O2/c1-8(2)11(14-3)6-9-4-5-10(13)7-12(9)15(16)17/h4-5,7-8,11,14H,6H2,1-3H3. The molecule has 17 heavy (non-hydrogen) atoms. The topological polar surface area (TPSA) is 55.2 Å². The lowest BCUT2D eigenvalue weighted by Crippen LogP contribution is -2.32. The maximum absolute atomic E-state index is 13.0. The Morgan fingerprint density at radius 1 is 1.47 bits per heavy atom. The van der Waals surface area contributed by atoms with Gasteiger partial charge in [0, 0.05) is 11.6 Å². The molecule has 1 N–H and O–H groups in total. The van der Waals surface area contributed by atoms with Gasteiger partial charge in [0.25, 0.3) is 5.69 Å². The van der Waals surface area contributed by atoms with E-state index < -0.39 is 10.7 Å². The molecule has 1 aromatic rings. The van der Waals surface area contributed by atoms with E-state index in [1.807, 2.05) is 20.9 Å². The van der Waals surface area contributed by atoms with Crippen LogP contribution >= 0.6 is 0 Å². The lowest BCUT2D eigenvalue weighted by Gasteiger charge is -2.20. The number of nitro benzene ring substituents is 1. The minimum absolute atomic E-state index is 0.138. The van der Waals surface area contributed by atoms with E-state index in [-0.39, 0.29) is 11.7 Å². The van der Waals surface area contributed by atoms with Crippen molar-refractivity contribution < 1.29 is 9.31 Å². The maximum Gasteiger partial charge on any atom is 0.275 e. The van der Waals surface area contributed by atoms with Gasteiger partial charge in [-0.3, -0.25) is 10.1 Å². The van der Waals surface area contributed by atoms with Crippen LogP contribution in [-0.4, -0.2) is 18.0 Å². The molecule has 0 fully saturated rings. The van der Waals surface area contributed by atoms with Gasteiger partial charge in [-0.25, -0.2) is 4.39 Å². The molecule has 1 unspecified atom stereocenters. The van der Waals surface area contributed by atoms with Crippen molar-refractivity contribution in [1.29, 1.82) is 0 Å². The first-order chi connectivity index (χ1) is 7.95. The average molecular weight is 240 g/mol. The Labute approximate surface area is 100.0 Å². The Balaban J connectivity index is 3.01. The number of halogens is 1. The van der Waals surface area contributed by atoms with Crippen LogP contribution in [0.1, 0.15) is 19.4 Å². The SMILES string of the molecule is CNC(Cc1ccc(F)cc1[N+](=O)[O-])C(C)C. The van der Waals surface area contributed by atoms with E-state index in [1.54, 1.807) is 0 Å². The van der Waals surface area contributed by atoms with Gasteiger partial charge in [-0.1, -0.05) is 13.8 Å². The molecule has 5 heteroatoms. The van der Waals surface area contributed by atoms with Crippen LogP contribution in [0.2, 0.25) is 0 Å². The van der Waals surface area contributed by atoms with Crippen LogP contribution in [0.25, 0.3) is 0 Å². The van der Waals surface area contributed by atoms with Gasteiger partial charge in [0.15, 0.2) is 0 Å². The fraction of sp³-hybridized carbons (Fsp3) is 0.500. The van der Waals surface area contributed by atoms with Crippen LogP contribution in [0.5, 0.6) is 0 Å². The van der Waals surface area contributed by atoms with Crippen molar-refractivity contribution in [2.45, 2.75) is 26.3 Å². The van der Waals surface area contributed by atoms with Crippen LogP contribution < -0.4 is 5.32 Å². The number of rotatable bonds is 5. The van der Waals surface area contributed by atoms with Crippen LogP contribution in [0, 0.1) is 21.8 Å². The number of hydrogen-bond donors (Lipinski definition) is 1. The predicted octanol–water partition coefficient (Wildman–Crippen LogP) is 2.52. The van der Waals surface area contributed by atoms with Crippen molar-refractivity contribution in [3.8, 4) is 0 Å². The third-order valence-electron chi connectivity index (χ3n) is 2.86. The summed E-state index contributed by atoms with van der Waals surface area (Å²) in [6, 6.07) is 3.86. The van der Waals surface area contributed by atoms with Crippen molar-refractivity contribution in [1.82, 2.24) is 5.32 Å². The number of hydrogen-bond acceptors (Lipinski definition) is 3. The fourth-order valence-electron chi connectivity index (χ4n) is 1.79. The van der Waals surface area contributed by atoms with Gasteiger partial charge in [0.2, 0.25) is 0 Å². The molecule has 0 amide bonds. The van der Waals surface area contributed by atoms with E-state index in [0.717, 1.165) is 6.07 Å². The van der Waals surface area contributed by atoms with Crippen molar-refractivity contribution in [3.05, 3.63) is 39.7 Å². The molecule has 94 valence electrons. The highest BCUT2D eigenvalue weighted by Gasteiger charge is 2.19. The second kappa shape index (κ2) is 5.72. The Morgan fingerprint density at radius 2 is 2.12 bits per heavy atom. The van der Waals surface area contributed by atoms with Gasteiger partial charge in [-0.2, -0.15) is 0 Å². The summed E-state index contributed by atoms with van der Waals surface area (Å²) in [5.74, 6) is -0.226. The molecule has 4 nitrogen and oxygen atoms in total. The van der Waals surface area contributed by atoms with E-state index in [0.29, 0.717) is 17.9 Å². The highest BCUT2D eigenvalue weighted by Crippen LogP contribution is 2.22. The number of nitro groups is 1. The summed E-state index contributed by atoms with van der Waals surface area (Å²) < 4.78 is 13.0. The average Bonchev–Trinajstić information content (AvgIpc) is 2.26. The Hall–Kier alpha value is -1.49. The summed E-state index contributed by atoms with van der Waals surface area (Å²) in [6.07, 6.45) is 0.519. The van der Waals surface area contributed by atoms with E-state index in [4.69, 9.17) is 0 Å². The second-order valence-corrected chi connectivity index (χ2v) is 4.37. The Morgan fingerprint density at radius 3 is 2.59 bits per heavy atom. The number of benzene rings is 1. The molecule has 0 heterocycles. The third-order valence-corrected chi connectivity index (χ3v) is 2.86. The quantitative estimate of drug-likeness (QED) is 0.635. The van der Waals surface area contributed by atoms with Crippen molar-refractivity contribution in [3.63, 3.8) is 0 Å². The van der Waals surface area contributed by atoms with Crippen molar-refractivity contribution in [2.75, 3.05) is 7.05 Å². The van der Waals surface area contributed by atoms with Gasteiger partial charge in [0.05, 0.1) is 11.0 Å². The fourth-order valence-corrected chi connectivity index (χ4v) is 1.79. The first-order valence-electron chi connectivity index (χ1n) is 5.55. The monoisotopic (exact) mass is 240 g/mol. The largest absolute Gasteiger partial charge is 0.316 e. The maximum atomic E-state index is 13.0. The van der Waals surface area contributed by atoms with Gasteiger partial charge >= 0.3 is 0 Å². The molecule has 1 atom stereocenters. The summed E-state index contributed by atoms with van der Waals surface area (Å²) in [4.78, 5) is 10.3. The lowest BCUT2D eigenvalue weighted by molar-refractivity contribution is -0.385. The molecule has 0 aliphatic heterocycles. The molecule has 0 aliphatic carbocycles. The van der Waals surface area contributed by atoms with E-state index in [1.165, 1.54) is 12.1 Å². The summed E-state index contributed by atoms with van der Waals surface area (Å²) in [5.41, 5.74) is 0.412. The predicted molar refractivity (Wildman–Crippen MR) is 64.4 cm³/mol. The van der Waals surface area contributed by atoms with Crippen LogP contribution in [0.3, 0.4) is 0 Å². The van der Waals surface area contributed by atoms with Gasteiger partial charge in [-0.15, -0.1) is 0 Å². The zero-order valence-corrected chi connectivity index (χ0v) is 10.2. The molecule has 0 spiro atoms. The number of nitrogens with zero attached hydrogens (tertiary/aromatic N) is 1. The first-order valence-corrected chi connectivity index (χ1v) is 5.55. The Kier molecular flexibility index (Phi) is 4.57. The van der Waals surface area contributed by atoms with Crippen molar-refractivity contribution >= 4 is 5.69 Å². The lowest BCUT2D eigenvalue weighted by atomic mass is 9.95. The summed E-state index contributed by atoms with van der Waals surface area (Å²) >= 11 is 0. The summed E-state index contributed by atoms with van der Waals surface area (Å²) in [7, 11) is 1.82. The van der Waals surface area contributed by atoms with E-state index in [9.17, 15) is 14.5 Å². The normalized spacial score (nSPS) is 12.8. The number of likely N-dealkylation sites (N-methyl/N-ethyl adjacent to an activating group) is 1. The molecular weight excluding hydrogens is 223 g/mol. The summed E-state index contributed by atoms with van der Waals surface area (Å²) in [6.45, 7) is 4.08. The molecule has 0 aromatic heterocycles. The minimum atomic E-state index is -0.578. The van der Waals surface area contributed by atoms with Crippen LogP contribution in [0.15, 0.2) is 18.2 Å². The molecule has 1 aromatic carbocycles. The number of nitrogens with one attached hydrogen (secondary N) is 1. The second-order valence-electron chi connectivity index (χ2n) is 4.37. The van der Waals surface area contributed by atoms with Crippen LogP contribution in [0.4, 0.5) is 10.1 Å². The van der Waals surface area contributed by atoms with E-state index >= 15 is 0 Å². The van der Waals surface area contributed by atoms with Gasteiger partial charge in [-0.05, 0) is 31.5 Å². The first kappa shape index (κ1) is 13.6.